The molecule has 13 heavy (non-hydrogen) atoms. The van der Waals surface area contributed by atoms with Gasteiger partial charge in [-0.1, -0.05) is 11.6 Å². The predicted molar refractivity (Wildman–Crippen MR) is 49.2 cm³/mol. The van der Waals surface area contributed by atoms with Crippen molar-refractivity contribution >= 4 is 26.5 Å². The molecule has 1 fully saturated rings. The number of aliphatic imine (C=N–C) groups is 1. The summed E-state index contributed by atoms with van der Waals surface area (Å²) in [6, 6.07) is 0. The van der Waals surface area contributed by atoms with E-state index in [2.05, 4.69) is 4.99 Å². The maximum Gasteiger partial charge on any atom is 0.232 e. The van der Waals surface area contributed by atoms with Gasteiger partial charge in [-0.15, -0.1) is 0 Å². The van der Waals surface area contributed by atoms with Gasteiger partial charge in [0.2, 0.25) is 9.84 Å². The Morgan fingerprint density at radius 2 is 2.38 bits per heavy atom. The first-order valence-electron chi connectivity index (χ1n) is 3.88. The molecule has 0 radical (unpaired) electrons. The summed E-state index contributed by atoms with van der Waals surface area (Å²) >= 11 is 5.49. The monoisotopic (exact) mass is 221 g/mol. The van der Waals surface area contributed by atoms with Gasteiger partial charge < -0.3 is 4.74 Å². The zero-order valence-electron chi connectivity index (χ0n) is 6.73. The summed E-state index contributed by atoms with van der Waals surface area (Å²) < 4.78 is 27.9. The lowest BCUT2D eigenvalue weighted by Gasteiger charge is -2.06. The second-order valence-electron chi connectivity index (χ2n) is 2.96. The van der Waals surface area contributed by atoms with Gasteiger partial charge in [-0.2, -0.15) is 0 Å². The second-order valence-corrected chi connectivity index (χ2v) is 5.46. The first-order chi connectivity index (χ1) is 6.12. The van der Waals surface area contributed by atoms with E-state index in [1.54, 1.807) is 0 Å². The molecule has 4 nitrogen and oxygen atoms in total. The number of ether oxygens (including phenoxy) is 1. The Morgan fingerprint density at radius 1 is 1.62 bits per heavy atom. The lowest BCUT2D eigenvalue weighted by atomic mass is 10.1. The Morgan fingerprint density at radius 3 is 2.85 bits per heavy atom. The Hall–Kier alpha value is -0.390. The van der Waals surface area contributed by atoms with Crippen molar-refractivity contribution in [3.63, 3.8) is 0 Å². The lowest BCUT2D eigenvalue weighted by Crippen LogP contribution is -2.21. The van der Waals surface area contributed by atoms with Gasteiger partial charge >= 0.3 is 0 Å². The van der Waals surface area contributed by atoms with E-state index in [9.17, 15) is 8.42 Å². The average molecular weight is 222 g/mol. The summed E-state index contributed by atoms with van der Waals surface area (Å²) in [6.07, 6.45) is 1.89. The fraction of sp³-hybridized carbons (Fsp3) is 0.571. The summed E-state index contributed by atoms with van der Waals surface area (Å²) in [7, 11) is -3.45. The van der Waals surface area contributed by atoms with Crippen molar-refractivity contribution in [1.82, 2.24) is 0 Å². The average Bonchev–Trinajstić information content (AvgIpc) is 2.62. The normalized spacial score (nSPS) is 31.6. The SMILES string of the molecule is O=S1(=O)C(Cl)=CN=C1C1CCOC1. The van der Waals surface area contributed by atoms with Crippen LogP contribution < -0.4 is 0 Å². The van der Waals surface area contributed by atoms with Gasteiger partial charge in [0.05, 0.1) is 12.8 Å². The third-order valence-electron chi connectivity index (χ3n) is 2.10. The Bertz CT molecular complexity index is 379. The third-order valence-corrected chi connectivity index (χ3v) is 4.42. The summed E-state index contributed by atoms with van der Waals surface area (Å²) in [6.45, 7) is 1.02. The van der Waals surface area contributed by atoms with Crippen molar-refractivity contribution in [3.05, 3.63) is 10.6 Å². The van der Waals surface area contributed by atoms with Crippen LogP contribution in [0.2, 0.25) is 0 Å². The number of sulfone groups is 1. The number of rotatable bonds is 1. The van der Waals surface area contributed by atoms with Gasteiger partial charge in [0.25, 0.3) is 0 Å². The van der Waals surface area contributed by atoms with Crippen LogP contribution in [0.1, 0.15) is 6.42 Å². The Balaban J connectivity index is 2.29. The molecule has 0 N–H and O–H groups in total. The molecule has 1 unspecified atom stereocenters. The van der Waals surface area contributed by atoms with Crippen LogP contribution in [0.15, 0.2) is 15.6 Å². The molecule has 72 valence electrons. The predicted octanol–water partition coefficient (Wildman–Crippen LogP) is 0.888. The Labute approximate surface area is 81.2 Å². The van der Waals surface area contributed by atoms with Crippen molar-refractivity contribution in [2.24, 2.45) is 10.9 Å². The van der Waals surface area contributed by atoms with Crippen LogP contribution >= 0.6 is 11.6 Å². The summed E-state index contributed by atoms with van der Waals surface area (Å²) in [5.41, 5.74) is 0. The van der Waals surface area contributed by atoms with Crippen molar-refractivity contribution in [2.75, 3.05) is 13.2 Å². The molecule has 0 aromatic rings. The van der Waals surface area contributed by atoms with Gasteiger partial charge in [-0.25, -0.2) is 13.4 Å². The standard InChI is InChI=1S/C7H8ClNO3S/c8-6-3-9-7(13(6,10)11)5-1-2-12-4-5/h3,5H,1-2,4H2. The molecule has 6 heteroatoms. The molecule has 0 aliphatic carbocycles. The first kappa shape index (κ1) is 9.18. The summed E-state index contributed by atoms with van der Waals surface area (Å²) in [5.74, 6) is -0.113. The highest BCUT2D eigenvalue weighted by Crippen LogP contribution is 2.28. The van der Waals surface area contributed by atoms with Crippen molar-refractivity contribution < 1.29 is 13.2 Å². The van der Waals surface area contributed by atoms with E-state index in [4.69, 9.17) is 16.3 Å². The quantitative estimate of drug-likeness (QED) is 0.661. The molecule has 0 saturated carbocycles. The second kappa shape index (κ2) is 3.08. The molecule has 1 saturated heterocycles. The number of hydrogen-bond acceptors (Lipinski definition) is 4. The minimum absolute atomic E-state index is 0.113. The highest BCUT2D eigenvalue weighted by molar-refractivity contribution is 8.11. The van der Waals surface area contributed by atoms with Gasteiger partial charge in [-0.05, 0) is 6.42 Å². The fourth-order valence-electron chi connectivity index (χ4n) is 1.41. The van der Waals surface area contributed by atoms with Crippen LogP contribution in [0, 0.1) is 5.92 Å². The van der Waals surface area contributed by atoms with Gasteiger partial charge in [0.15, 0.2) is 4.36 Å². The zero-order valence-corrected chi connectivity index (χ0v) is 8.31. The topological polar surface area (TPSA) is 55.7 Å². The van der Waals surface area contributed by atoms with E-state index in [-0.39, 0.29) is 15.3 Å². The van der Waals surface area contributed by atoms with E-state index in [1.165, 1.54) is 6.20 Å². The largest absolute Gasteiger partial charge is 0.381 e. The fourth-order valence-corrected chi connectivity index (χ4v) is 2.90. The van der Waals surface area contributed by atoms with E-state index < -0.39 is 9.84 Å². The van der Waals surface area contributed by atoms with E-state index in [1.807, 2.05) is 0 Å². The van der Waals surface area contributed by atoms with Gasteiger partial charge in [-0.3, -0.25) is 0 Å². The highest BCUT2D eigenvalue weighted by Gasteiger charge is 2.36. The molecule has 2 aliphatic rings. The summed E-state index contributed by atoms with van der Waals surface area (Å²) in [5, 5.41) is 0.162. The highest BCUT2D eigenvalue weighted by atomic mass is 35.5. The molecule has 2 aliphatic heterocycles. The van der Waals surface area contributed by atoms with Crippen molar-refractivity contribution in [2.45, 2.75) is 6.42 Å². The van der Waals surface area contributed by atoms with Crippen LogP contribution in [-0.2, 0) is 14.6 Å². The third kappa shape index (κ3) is 1.41. The van der Waals surface area contributed by atoms with E-state index in [0.29, 0.717) is 19.6 Å². The molecular weight excluding hydrogens is 214 g/mol. The molecule has 1 atom stereocenters. The van der Waals surface area contributed by atoms with E-state index >= 15 is 0 Å². The Kier molecular flexibility index (Phi) is 2.17. The van der Waals surface area contributed by atoms with Crippen LogP contribution in [0.4, 0.5) is 0 Å². The first-order valence-corrected chi connectivity index (χ1v) is 5.74. The van der Waals surface area contributed by atoms with Crippen LogP contribution in [-0.4, -0.2) is 26.7 Å². The maximum atomic E-state index is 11.5. The molecule has 2 rings (SSSR count). The molecule has 0 amide bonds. The minimum Gasteiger partial charge on any atom is -0.381 e. The lowest BCUT2D eigenvalue weighted by molar-refractivity contribution is 0.193. The molecule has 0 spiro atoms. The zero-order chi connectivity index (χ0) is 9.47. The number of halogens is 1. The number of nitrogens with zero attached hydrogens (tertiary/aromatic N) is 1. The summed E-state index contributed by atoms with van der Waals surface area (Å²) in [4.78, 5) is 3.81. The molecular formula is C7H8ClNO3S. The minimum atomic E-state index is -3.45. The van der Waals surface area contributed by atoms with Gasteiger partial charge in [0, 0.05) is 12.5 Å². The smallest absolute Gasteiger partial charge is 0.232 e. The van der Waals surface area contributed by atoms with Crippen molar-refractivity contribution in [1.29, 1.82) is 0 Å². The van der Waals surface area contributed by atoms with Crippen LogP contribution in [0.3, 0.4) is 0 Å². The molecule has 2 heterocycles. The maximum absolute atomic E-state index is 11.5. The molecule has 0 aromatic carbocycles. The van der Waals surface area contributed by atoms with Crippen LogP contribution in [0.5, 0.6) is 0 Å². The molecule has 0 bridgehead atoms. The number of hydrogen-bond donors (Lipinski definition) is 0. The van der Waals surface area contributed by atoms with Gasteiger partial charge in [0.1, 0.15) is 5.04 Å². The van der Waals surface area contributed by atoms with Crippen molar-refractivity contribution in [3.8, 4) is 0 Å². The van der Waals surface area contributed by atoms with Crippen LogP contribution in [0.25, 0.3) is 0 Å². The molecule has 0 aromatic heterocycles. The van der Waals surface area contributed by atoms with E-state index in [0.717, 1.165) is 0 Å².